The molecule has 96 valence electrons. The maximum Gasteiger partial charge on any atom is 0.228 e. The van der Waals surface area contributed by atoms with Crippen LogP contribution in [0.3, 0.4) is 0 Å². The molecule has 0 bridgehead atoms. The van der Waals surface area contributed by atoms with Gasteiger partial charge in [0.25, 0.3) is 0 Å². The van der Waals surface area contributed by atoms with E-state index in [0.29, 0.717) is 6.42 Å². The fourth-order valence-corrected chi connectivity index (χ4v) is 2.86. The van der Waals surface area contributed by atoms with Crippen molar-refractivity contribution in [3.05, 3.63) is 62.7 Å². The molecule has 4 heteroatoms. The monoisotopic (exact) mass is 365 g/mol. The largest absolute Gasteiger partial charge is 0.384 e. The van der Waals surface area contributed by atoms with Crippen LogP contribution in [0.15, 0.2) is 42.5 Å². The standard InChI is InChI=1S/C15H12INO2/c16-12-3-1-2-9(7-12)15(19)10-4-5-13-11(6-10)8-14(18)17-13/h1-7,15,19H,8H2,(H,17,18). The number of anilines is 1. The van der Waals surface area contributed by atoms with Gasteiger partial charge >= 0.3 is 0 Å². The normalized spacial score (nSPS) is 14.9. The molecule has 0 fully saturated rings. The Kier molecular flexibility index (Phi) is 3.28. The van der Waals surface area contributed by atoms with E-state index in [2.05, 4.69) is 27.9 Å². The fourth-order valence-electron chi connectivity index (χ4n) is 2.29. The number of halogens is 1. The summed E-state index contributed by atoms with van der Waals surface area (Å²) < 4.78 is 1.09. The number of carbonyl (C=O) groups excluding carboxylic acids is 1. The third-order valence-corrected chi connectivity index (χ3v) is 3.91. The SMILES string of the molecule is O=C1Cc2cc(C(O)c3cccc(I)c3)ccc2N1. The molecule has 2 aromatic rings. The molecule has 0 radical (unpaired) electrons. The van der Waals surface area contributed by atoms with Gasteiger partial charge in [0.15, 0.2) is 0 Å². The molecular weight excluding hydrogens is 353 g/mol. The van der Waals surface area contributed by atoms with E-state index in [1.807, 2.05) is 42.5 Å². The summed E-state index contributed by atoms with van der Waals surface area (Å²) in [5, 5.41) is 13.2. The second-order valence-electron chi connectivity index (χ2n) is 4.60. The van der Waals surface area contributed by atoms with Crippen molar-refractivity contribution < 1.29 is 9.90 Å². The molecule has 19 heavy (non-hydrogen) atoms. The molecule has 1 heterocycles. The van der Waals surface area contributed by atoms with Crippen molar-refractivity contribution in [1.29, 1.82) is 0 Å². The maximum atomic E-state index is 11.3. The van der Waals surface area contributed by atoms with Gasteiger partial charge in [-0.05, 0) is 57.5 Å². The molecule has 0 saturated heterocycles. The highest BCUT2D eigenvalue weighted by atomic mass is 127. The van der Waals surface area contributed by atoms with Gasteiger partial charge in [0.1, 0.15) is 6.10 Å². The van der Waals surface area contributed by atoms with E-state index in [-0.39, 0.29) is 5.91 Å². The molecule has 1 amide bonds. The third-order valence-electron chi connectivity index (χ3n) is 3.23. The summed E-state index contributed by atoms with van der Waals surface area (Å²) in [6.07, 6.45) is -0.266. The lowest BCUT2D eigenvalue weighted by atomic mass is 9.99. The first kappa shape index (κ1) is 12.6. The topological polar surface area (TPSA) is 49.3 Å². The Morgan fingerprint density at radius 1 is 1.16 bits per heavy atom. The molecule has 1 atom stereocenters. The summed E-state index contributed by atoms with van der Waals surface area (Å²) in [5.41, 5.74) is 3.48. The minimum Gasteiger partial charge on any atom is -0.384 e. The van der Waals surface area contributed by atoms with Crippen molar-refractivity contribution in [2.24, 2.45) is 0 Å². The quantitative estimate of drug-likeness (QED) is 0.805. The van der Waals surface area contributed by atoms with Gasteiger partial charge in [-0.25, -0.2) is 0 Å². The number of carbonyl (C=O) groups is 1. The number of rotatable bonds is 2. The van der Waals surface area contributed by atoms with Crippen molar-refractivity contribution >= 4 is 34.2 Å². The van der Waals surface area contributed by atoms with E-state index in [1.165, 1.54) is 0 Å². The Hall–Kier alpha value is -1.40. The number of aliphatic hydroxyl groups is 1. The molecule has 2 aromatic carbocycles. The highest BCUT2D eigenvalue weighted by Gasteiger charge is 2.19. The first-order valence-corrected chi connectivity index (χ1v) is 7.07. The van der Waals surface area contributed by atoms with Crippen molar-refractivity contribution in [1.82, 2.24) is 0 Å². The molecule has 3 rings (SSSR count). The van der Waals surface area contributed by atoms with Crippen LogP contribution in [0.5, 0.6) is 0 Å². The number of hydrogen-bond acceptors (Lipinski definition) is 2. The van der Waals surface area contributed by atoms with E-state index in [4.69, 9.17) is 0 Å². The number of hydrogen-bond donors (Lipinski definition) is 2. The van der Waals surface area contributed by atoms with Crippen LogP contribution in [-0.2, 0) is 11.2 Å². The summed E-state index contributed by atoms with van der Waals surface area (Å²) in [4.78, 5) is 11.3. The molecule has 2 N–H and O–H groups in total. The zero-order chi connectivity index (χ0) is 13.4. The highest BCUT2D eigenvalue weighted by Crippen LogP contribution is 2.29. The maximum absolute atomic E-state index is 11.3. The molecule has 0 saturated carbocycles. The Morgan fingerprint density at radius 3 is 2.74 bits per heavy atom. The lowest BCUT2D eigenvalue weighted by molar-refractivity contribution is -0.115. The number of aliphatic hydroxyl groups excluding tert-OH is 1. The molecule has 1 aliphatic rings. The number of nitrogens with one attached hydrogen (secondary N) is 1. The van der Waals surface area contributed by atoms with Crippen LogP contribution < -0.4 is 5.32 Å². The van der Waals surface area contributed by atoms with Crippen LogP contribution in [-0.4, -0.2) is 11.0 Å². The van der Waals surface area contributed by atoms with E-state index in [1.54, 1.807) is 0 Å². The zero-order valence-corrected chi connectivity index (χ0v) is 12.2. The Bertz CT molecular complexity index is 654. The predicted octanol–water partition coefficient (Wildman–Crippen LogP) is 2.87. The molecule has 1 unspecified atom stereocenters. The Labute approximate surface area is 124 Å². The first-order valence-electron chi connectivity index (χ1n) is 6.00. The predicted molar refractivity (Wildman–Crippen MR) is 82.0 cm³/mol. The molecule has 3 nitrogen and oxygen atoms in total. The van der Waals surface area contributed by atoms with Crippen molar-refractivity contribution in [2.75, 3.05) is 5.32 Å². The summed E-state index contributed by atoms with van der Waals surface area (Å²) >= 11 is 2.22. The minimum absolute atomic E-state index is 0.0101. The molecule has 0 aliphatic carbocycles. The molecule has 1 aliphatic heterocycles. The zero-order valence-electron chi connectivity index (χ0n) is 10.1. The summed E-state index contributed by atoms with van der Waals surface area (Å²) in [6, 6.07) is 13.4. The van der Waals surface area contributed by atoms with Crippen LogP contribution in [0.4, 0.5) is 5.69 Å². The molecule has 0 aromatic heterocycles. The van der Waals surface area contributed by atoms with Gasteiger partial charge < -0.3 is 10.4 Å². The number of amides is 1. The van der Waals surface area contributed by atoms with Crippen molar-refractivity contribution in [2.45, 2.75) is 12.5 Å². The van der Waals surface area contributed by atoms with Gasteiger partial charge in [-0.2, -0.15) is 0 Å². The van der Waals surface area contributed by atoms with Crippen LogP contribution in [0.25, 0.3) is 0 Å². The summed E-state index contributed by atoms with van der Waals surface area (Å²) in [5.74, 6) is 0.0101. The van der Waals surface area contributed by atoms with Crippen LogP contribution in [0.2, 0.25) is 0 Å². The van der Waals surface area contributed by atoms with Crippen LogP contribution in [0.1, 0.15) is 22.8 Å². The van der Waals surface area contributed by atoms with E-state index in [0.717, 1.165) is 25.9 Å². The fraction of sp³-hybridized carbons (Fsp3) is 0.133. The summed E-state index contributed by atoms with van der Waals surface area (Å²) in [6.45, 7) is 0. The lowest BCUT2D eigenvalue weighted by Crippen LogP contribution is -2.03. The van der Waals surface area contributed by atoms with Crippen molar-refractivity contribution in [3.8, 4) is 0 Å². The second kappa shape index (κ2) is 4.94. The highest BCUT2D eigenvalue weighted by molar-refractivity contribution is 14.1. The Balaban J connectivity index is 1.95. The van der Waals surface area contributed by atoms with Crippen LogP contribution >= 0.6 is 22.6 Å². The summed E-state index contributed by atoms with van der Waals surface area (Å²) in [7, 11) is 0. The molecule has 0 spiro atoms. The third kappa shape index (κ3) is 2.50. The van der Waals surface area contributed by atoms with Gasteiger partial charge in [-0.1, -0.05) is 24.3 Å². The Morgan fingerprint density at radius 2 is 1.95 bits per heavy atom. The first-order chi connectivity index (χ1) is 9.13. The van der Waals surface area contributed by atoms with E-state index >= 15 is 0 Å². The number of fused-ring (bicyclic) bond motifs is 1. The molecular formula is C15H12INO2. The second-order valence-corrected chi connectivity index (χ2v) is 5.84. The van der Waals surface area contributed by atoms with Crippen LogP contribution in [0, 0.1) is 3.57 Å². The van der Waals surface area contributed by atoms with Gasteiger partial charge in [0.05, 0.1) is 6.42 Å². The van der Waals surface area contributed by atoms with Crippen molar-refractivity contribution in [3.63, 3.8) is 0 Å². The van der Waals surface area contributed by atoms with Gasteiger partial charge in [-0.3, -0.25) is 4.79 Å². The minimum atomic E-state index is -0.657. The van der Waals surface area contributed by atoms with Gasteiger partial charge in [0, 0.05) is 9.26 Å². The van der Waals surface area contributed by atoms with E-state index < -0.39 is 6.10 Å². The average Bonchev–Trinajstić information content (AvgIpc) is 2.76. The smallest absolute Gasteiger partial charge is 0.228 e. The van der Waals surface area contributed by atoms with E-state index in [9.17, 15) is 9.90 Å². The number of benzene rings is 2. The lowest BCUT2D eigenvalue weighted by Gasteiger charge is -2.13. The van der Waals surface area contributed by atoms with Gasteiger partial charge in [0.2, 0.25) is 5.91 Å². The average molecular weight is 365 g/mol. The van der Waals surface area contributed by atoms with Gasteiger partial charge in [-0.15, -0.1) is 0 Å².